The fourth-order valence-corrected chi connectivity index (χ4v) is 2.91. The summed E-state index contributed by atoms with van der Waals surface area (Å²) >= 11 is 0. The van der Waals surface area contributed by atoms with E-state index in [1.807, 2.05) is 0 Å². The molecule has 0 radical (unpaired) electrons. The van der Waals surface area contributed by atoms with Crippen LogP contribution < -0.4 is 0 Å². The van der Waals surface area contributed by atoms with Crippen LogP contribution in [0.15, 0.2) is 0 Å². The average Bonchev–Trinajstić information content (AvgIpc) is 2.02. The SMILES string of the molecule is CC(C)CC1OC2(C)CCC1CC2. The highest BCUT2D eigenvalue weighted by atomic mass is 16.5. The summed E-state index contributed by atoms with van der Waals surface area (Å²) in [4.78, 5) is 0. The molecule has 3 fully saturated rings. The maximum atomic E-state index is 6.18. The van der Waals surface area contributed by atoms with Crippen LogP contribution in [0, 0.1) is 11.8 Å². The van der Waals surface area contributed by atoms with Crippen molar-refractivity contribution in [3.05, 3.63) is 0 Å². The summed E-state index contributed by atoms with van der Waals surface area (Å²) in [6.45, 7) is 6.90. The Kier molecular flexibility index (Phi) is 2.39. The maximum Gasteiger partial charge on any atom is 0.0658 e. The van der Waals surface area contributed by atoms with Crippen LogP contribution in [0.5, 0.6) is 0 Å². The first-order chi connectivity index (χ1) is 6.09. The first-order valence-corrected chi connectivity index (χ1v) is 5.77. The molecule has 1 heteroatoms. The summed E-state index contributed by atoms with van der Waals surface area (Å²) in [5.41, 5.74) is 0.244. The molecule has 0 aromatic heterocycles. The molecule has 2 aliphatic heterocycles. The van der Waals surface area contributed by atoms with Gasteiger partial charge >= 0.3 is 0 Å². The van der Waals surface area contributed by atoms with Crippen LogP contribution in [0.2, 0.25) is 0 Å². The Hall–Kier alpha value is -0.0400. The second kappa shape index (κ2) is 3.27. The van der Waals surface area contributed by atoms with Crippen LogP contribution in [-0.4, -0.2) is 11.7 Å². The van der Waals surface area contributed by atoms with Gasteiger partial charge in [0.25, 0.3) is 0 Å². The molecule has 0 aromatic rings. The van der Waals surface area contributed by atoms with Gasteiger partial charge in [0.2, 0.25) is 0 Å². The third-order valence-corrected chi connectivity index (χ3v) is 3.75. The third-order valence-electron chi connectivity index (χ3n) is 3.75. The summed E-state index contributed by atoms with van der Waals surface area (Å²) in [6.07, 6.45) is 7.26. The van der Waals surface area contributed by atoms with E-state index in [9.17, 15) is 0 Å². The summed E-state index contributed by atoms with van der Waals surface area (Å²) in [5, 5.41) is 0. The number of fused-ring (bicyclic) bond motifs is 3. The van der Waals surface area contributed by atoms with E-state index < -0.39 is 0 Å². The number of hydrogen-bond acceptors (Lipinski definition) is 1. The van der Waals surface area contributed by atoms with Crippen molar-refractivity contribution in [2.75, 3.05) is 0 Å². The Morgan fingerprint density at radius 1 is 1.31 bits per heavy atom. The molecule has 0 spiro atoms. The van der Waals surface area contributed by atoms with Crippen molar-refractivity contribution in [1.82, 2.24) is 0 Å². The summed E-state index contributed by atoms with van der Waals surface area (Å²) < 4.78 is 6.18. The van der Waals surface area contributed by atoms with Gasteiger partial charge in [-0.3, -0.25) is 0 Å². The highest BCUT2D eigenvalue weighted by molar-refractivity contribution is 4.93. The van der Waals surface area contributed by atoms with Gasteiger partial charge in [0.1, 0.15) is 0 Å². The molecule has 1 aliphatic carbocycles. The zero-order valence-corrected chi connectivity index (χ0v) is 9.18. The molecule has 2 bridgehead atoms. The molecular formula is C12H22O. The van der Waals surface area contributed by atoms with Gasteiger partial charge in [-0.15, -0.1) is 0 Å². The Bertz CT molecular complexity index is 178. The first kappa shape index (κ1) is 9.51. The molecule has 1 saturated carbocycles. The van der Waals surface area contributed by atoms with Crippen molar-refractivity contribution in [2.45, 2.75) is 64.6 Å². The van der Waals surface area contributed by atoms with E-state index in [0.29, 0.717) is 6.10 Å². The monoisotopic (exact) mass is 182 g/mol. The largest absolute Gasteiger partial charge is 0.372 e. The van der Waals surface area contributed by atoms with Crippen LogP contribution in [0.3, 0.4) is 0 Å². The van der Waals surface area contributed by atoms with Crippen LogP contribution in [-0.2, 0) is 4.74 Å². The fraction of sp³-hybridized carbons (Fsp3) is 1.00. The topological polar surface area (TPSA) is 9.23 Å². The van der Waals surface area contributed by atoms with Gasteiger partial charge in [-0.25, -0.2) is 0 Å². The molecule has 0 N–H and O–H groups in total. The van der Waals surface area contributed by atoms with Gasteiger partial charge in [-0.05, 0) is 50.9 Å². The average molecular weight is 182 g/mol. The number of ether oxygens (including phenoxy) is 1. The Balaban J connectivity index is 1.99. The lowest BCUT2D eigenvalue weighted by Gasteiger charge is -2.49. The van der Waals surface area contributed by atoms with E-state index in [-0.39, 0.29) is 5.60 Å². The number of rotatable bonds is 2. The normalized spacial score (nSPS) is 44.3. The van der Waals surface area contributed by atoms with Gasteiger partial charge in [-0.1, -0.05) is 13.8 Å². The molecule has 0 amide bonds. The zero-order valence-electron chi connectivity index (χ0n) is 9.18. The van der Waals surface area contributed by atoms with Crippen molar-refractivity contribution < 1.29 is 4.74 Å². The van der Waals surface area contributed by atoms with E-state index in [1.54, 1.807) is 0 Å². The van der Waals surface area contributed by atoms with Gasteiger partial charge in [-0.2, -0.15) is 0 Å². The van der Waals surface area contributed by atoms with Crippen molar-refractivity contribution >= 4 is 0 Å². The van der Waals surface area contributed by atoms with Gasteiger partial charge < -0.3 is 4.74 Å². The Morgan fingerprint density at radius 2 is 1.92 bits per heavy atom. The minimum atomic E-state index is 0.244. The van der Waals surface area contributed by atoms with Gasteiger partial charge in [0.15, 0.2) is 0 Å². The summed E-state index contributed by atoms with van der Waals surface area (Å²) in [5.74, 6) is 1.66. The van der Waals surface area contributed by atoms with Crippen LogP contribution in [0.25, 0.3) is 0 Å². The van der Waals surface area contributed by atoms with E-state index in [2.05, 4.69) is 20.8 Å². The van der Waals surface area contributed by atoms with Crippen LogP contribution in [0.1, 0.15) is 52.9 Å². The molecule has 2 heterocycles. The smallest absolute Gasteiger partial charge is 0.0658 e. The molecule has 13 heavy (non-hydrogen) atoms. The second-order valence-corrected chi connectivity index (χ2v) is 5.57. The van der Waals surface area contributed by atoms with Crippen molar-refractivity contribution in [3.63, 3.8) is 0 Å². The minimum absolute atomic E-state index is 0.244. The van der Waals surface area contributed by atoms with E-state index >= 15 is 0 Å². The van der Waals surface area contributed by atoms with Crippen LogP contribution in [0.4, 0.5) is 0 Å². The van der Waals surface area contributed by atoms with Gasteiger partial charge in [0, 0.05) is 0 Å². The van der Waals surface area contributed by atoms with Crippen LogP contribution >= 0.6 is 0 Å². The van der Waals surface area contributed by atoms with Gasteiger partial charge in [0.05, 0.1) is 11.7 Å². The quantitative estimate of drug-likeness (QED) is 0.636. The Labute approximate surface area is 81.9 Å². The highest BCUT2D eigenvalue weighted by Gasteiger charge is 2.43. The summed E-state index contributed by atoms with van der Waals surface area (Å²) in [6, 6.07) is 0. The predicted octanol–water partition coefficient (Wildman–Crippen LogP) is 3.38. The zero-order chi connectivity index (χ0) is 9.47. The van der Waals surface area contributed by atoms with E-state index in [0.717, 1.165) is 11.8 Å². The molecule has 1 nitrogen and oxygen atoms in total. The molecule has 1 atom stereocenters. The standard InChI is InChI=1S/C12H22O/c1-9(2)8-11-10-4-6-12(3,13-11)7-5-10/h9-11H,4-8H2,1-3H3. The summed E-state index contributed by atoms with van der Waals surface area (Å²) in [7, 11) is 0. The highest BCUT2D eigenvalue weighted by Crippen LogP contribution is 2.45. The molecule has 3 rings (SSSR count). The fourth-order valence-electron chi connectivity index (χ4n) is 2.91. The molecule has 3 aliphatic rings. The lowest BCUT2D eigenvalue weighted by atomic mass is 9.72. The lowest BCUT2D eigenvalue weighted by Crippen LogP contribution is -2.48. The predicted molar refractivity (Wildman–Crippen MR) is 54.7 cm³/mol. The second-order valence-electron chi connectivity index (χ2n) is 5.57. The molecule has 76 valence electrons. The third kappa shape index (κ3) is 1.90. The van der Waals surface area contributed by atoms with E-state index in [4.69, 9.17) is 4.74 Å². The van der Waals surface area contributed by atoms with E-state index in [1.165, 1.54) is 32.1 Å². The van der Waals surface area contributed by atoms with Crippen molar-refractivity contribution in [3.8, 4) is 0 Å². The Morgan fingerprint density at radius 3 is 2.38 bits per heavy atom. The number of hydrogen-bond donors (Lipinski definition) is 0. The molecule has 0 aromatic carbocycles. The molecule has 2 saturated heterocycles. The van der Waals surface area contributed by atoms with Crippen molar-refractivity contribution in [1.29, 1.82) is 0 Å². The maximum absolute atomic E-state index is 6.18. The molecule has 1 unspecified atom stereocenters. The molecular weight excluding hydrogens is 160 g/mol. The van der Waals surface area contributed by atoms with Crippen molar-refractivity contribution in [2.24, 2.45) is 11.8 Å². The first-order valence-electron chi connectivity index (χ1n) is 5.77. The lowest BCUT2D eigenvalue weighted by molar-refractivity contribution is -0.188. The minimum Gasteiger partial charge on any atom is -0.372 e.